The molecule has 0 aliphatic carbocycles. The summed E-state index contributed by atoms with van der Waals surface area (Å²) in [6.45, 7) is 10.9. The van der Waals surface area contributed by atoms with Gasteiger partial charge in [-0.05, 0) is 69.6 Å². The van der Waals surface area contributed by atoms with Crippen LogP contribution in [0.3, 0.4) is 0 Å². The maximum Gasteiger partial charge on any atom is 0.253 e. The van der Waals surface area contributed by atoms with Crippen LogP contribution in [-0.2, 0) is 0 Å². The van der Waals surface area contributed by atoms with Gasteiger partial charge in [0, 0.05) is 55.9 Å². The van der Waals surface area contributed by atoms with Gasteiger partial charge in [0.15, 0.2) is 0 Å². The van der Waals surface area contributed by atoms with Gasteiger partial charge in [0.2, 0.25) is 0 Å². The van der Waals surface area contributed by atoms with Crippen LogP contribution >= 0.6 is 0 Å². The van der Waals surface area contributed by atoms with Gasteiger partial charge in [-0.25, -0.2) is 0 Å². The number of piperidine rings is 1. The SMILES string of the molecule is CC(C)N1CCC[C@H](COc2ccc(N3CCN(C(=O)c4ccccc4)CC3)cc2)C1. The number of ether oxygens (including phenoxy) is 1. The van der Waals surface area contributed by atoms with Crippen molar-refractivity contribution in [3.8, 4) is 5.75 Å². The highest BCUT2D eigenvalue weighted by Gasteiger charge is 2.23. The number of hydrogen-bond acceptors (Lipinski definition) is 4. The Labute approximate surface area is 186 Å². The van der Waals surface area contributed by atoms with E-state index in [-0.39, 0.29) is 5.91 Å². The second-order valence-corrected chi connectivity index (χ2v) is 9.05. The van der Waals surface area contributed by atoms with Crippen LogP contribution in [0.4, 0.5) is 5.69 Å². The molecular formula is C26H35N3O2. The topological polar surface area (TPSA) is 36.0 Å². The molecule has 2 aromatic rings. The molecule has 2 heterocycles. The van der Waals surface area contributed by atoms with Crippen molar-refractivity contribution in [1.82, 2.24) is 9.80 Å². The number of nitrogens with zero attached hydrogens (tertiary/aromatic N) is 3. The largest absolute Gasteiger partial charge is 0.493 e. The van der Waals surface area contributed by atoms with Crippen LogP contribution in [0, 0.1) is 5.92 Å². The second kappa shape index (κ2) is 10.2. The van der Waals surface area contributed by atoms with Gasteiger partial charge in [-0.1, -0.05) is 18.2 Å². The van der Waals surface area contributed by atoms with E-state index in [2.05, 4.69) is 47.9 Å². The molecule has 5 nitrogen and oxygen atoms in total. The van der Waals surface area contributed by atoms with Gasteiger partial charge in [-0.2, -0.15) is 0 Å². The Morgan fingerprint density at radius 2 is 1.68 bits per heavy atom. The number of hydrogen-bond donors (Lipinski definition) is 0. The molecule has 2 aromatic carbocycles. The fourth-order valence-electron chi connectivity index (χ4n) is 4.60. The van der Waals surface area contributed by atoms with E-state index in [0.717, 1.165) is 50.6 Å². The Morgan fingerprint density at radius 3 is 2.35 bits per heavy atom. The van der Waals surface area contributed by atoms with Gasteiger partial charge in [-0.15, -0.1) is 0 Å². The molecule has 0 bridgehead atoms. The molecule has 2 aliphatic heterocycles. The van der Waals surface area contributed by atoms with Crippen molar-refractivity contribution < 1.29 is 9.53 Å². The minimum absolute atomic E-state index is 0.128. The molecule has 31 heavy (non-hydrogen) atoms. The van der Waals surface area contributed by atoms with Crippen molar-refractivity contribution in [1.29, 1.82) is 0 Å². The highest BCUT2D eigenvalue weighted by Crippen LogP contribution is 2.24. The Hall–Kier alpha value is -2.53. The van der Waals surface area contributed by atoms with Gasteiger partial charge in [-0.3, -0.25) is 4.79 Å². The third-order valence-corrected chi connectivity index (χ3v) is 6.56. The smallest absolute Gasteiger partial charge is 0.253 e. The summed E-state index contributed by atoms with van der Waals surface area (Å²) in [4.78, 5) is 19.5. The monoisotopic (exact) mass is 421 g/mol. The first-order valence-corrected chi connectivity index (χ1v) is 11.7. The number of piperazine rings is 1. The summed E-state index contributed by atoms with van der Waals surface area (Å²) in [6.07, 6.45) is 2.52. The van der Waals surface area contributed by atoms with Crippen LogP contribution in [0.2, 0.25) is 0 Å². The van der Waals surface area contributed by atoms with Crippen molar-refractivity contribution in [2.45, 2.75) is 32.7 Å². The molecule has 2 fully saturated rings. The molecule has 1 amide bonds. The Kier molecular flexibility index (Phi) is 7.13. The van der Waals surface area contributed by atoms with Gasteiger partial charge in [0.25, 0.3) is 5.91 Å². The van der Waals surface area contributed by atoms with Crippen molar-refractivity contribution in [2.75, 3.05) is 50.8 Å². The van der Waals surface area contributed by atoms with Crippen molar-refractivity contribution >= 4 is 11.6 Å². The van der Waals surface area contributed by atoms with Crippen LogP contribution in [0.15, 0.2) is 54.6 Å². The summed E-state index contributed by atoms with van der Waals surface area (Å²) in [5.41, 5.74) is 1.97. The Morgan fingerprint density at radius 1 is 0.968 bits per heavy atom. The summed E-state index contributed by atoms with van der Waals surface area (Å²) in [6, 6.07) is 18.6. The molecule has 2 saturated heterocycles. The van der Waals surface area contributed by atoms with E-state index >= 15 is 0 Å². The maximum absolute atomic E-state index is 12.6. The van der Waals surface area contributed by atoms with Gasteiger partial charge < -0.3 is 19.4 Å². The zero-order chi connectivity index (χ0) is 21.6. The predicted molar refractivity (Wildman–Crippen MR) is 126 cm³/mol. The van der Waals surface area contributed by atoms with Crippen molar-refractivity contribution in [3.05, 3.63) is 60.2 Å². The molecule has 166 valence electrons. The lowest BCUT2D eigenvalue weighted by Crippen LogP contribution is -2.48. The predicted octanol–water partition coefficient (Wildman–Crippen LogP) is 4.15. The van der Waals surface area contributed by atoms with Gasteiger partial charge in [0.05, 0.1) is 6.61 Å². The lowest BCUT2D eigenvalue weighted by atomic mass is 9.98. The molecule has 5 heteroatoms. The zero-order valence-corrected chi connectivity index (χ0v) is 18.9. The van der Waals surface area contributed by atoms with E-state index in [1.807, 2.05) is 35.2 Å². The van der Waals surface area contributed by atoms with E-state index in [9.17, 15) is 4.79 Å². The van der Waals surface area contributed by atoms with Crippen LogP contribution < -0.4 is 9.64 Å². The Balaban J connectivity index is 1.25. The number of carbonyl (C=O) groups is 1. The number of benzene rings is 2. The molecule has 2 aliphatic rings. The normalized spacial score (nSPS) is 20.2. The third-order valence-electron chi connectivity index (χ3n) is 6.56. The zero-order valence-electron chi connectivity index (χ0n) is 18.9. The number of likely N-dealkylation sites (tertiary alicyclic amines) is 1. The fourth-order valence-corrected chi connectivity index (χ4v) is 4.60. The highest BCUT2D eigenvalue weighted by atomic mass is 16.5. The number of rotatable bonds is 6. The lowest BCUT2D eigenvalue weighted by molar-refractivity contribution is 0.0747. The number of amides is 1. The standard InChI is InChI=1S/C26H35N3O2/c1-21(2)29-14-6-7-22(19-29)20-31-25-12-10-24(11-13-25)27-15-17-28(18-16-27)26(30)23-8-4-3-5-9-23/h3-5,8-13,21-22H,6-7,14-20H2,1-2H3/t22-/m0/s1. The van der Waals surface area contributed by atoms with E-state index < -0.39 is 0 Å². The van der Waals surface area contributed by atoms with Gasteiger partial charge >= 0.3 is 0 Å². The molecule has 0 aromatic heterocycles. The van der Waals surface area contributed by atoms with Crippen LogP contribution in [0.5, 0.6) is 5.75 Å². The van der Waals surface area contributed by atoms with E-state index in [4.69, 9.17) is 4.74 Å². The Bertz CT molecular complexity index is 829. The van der Waals surface area contributed by atoms with E-state index in [1.165, 1.54) is 25.1 Å². The third kappa shape index (κ3) is 5.59. The minimum atomic E-state index is 0.128. The van der Waals surface area contributed by atoms with Crippen LogP contribution in [-0.4, -0.2) is 67.6 Å². The number of anilines is 1. The molecule has 0 spiro atoms. The van der Waals surface area contributed by atoms with Crippen molar-refractivity contribution in [2.24, 2.45) is 5.92 Å². The first kappa shape index (κ1) is 21.7. The maximum atomic E-state index is 12.6. The quantitative estimate of drug-likeness (QED) is 0.702. The summed E-state index contributed by atoms with van der Waals surface area (Å²) in [5.74, 6) is 1.69. The lowest BCUT2D eigenvalue weighted by Gasteiger charge is -2.36. The summed E-state index contributed by atoms with van der Waals surface area (Å²) < 4.78 is 6.12. The first-order valence-electron chi connectivity index (χ1n) is 11.7. The van der Waals surface area contributed by atoms with Crippen molar-refractivity contribution in [3.63, 3.8) is 0 Å². The minimum Gasteiger partial charge on any atom is -0.493 e. The molecule has 1 atom stereocenters. The highest BCUT2D eigenvalue weighted by molar-refractivity contribution is 5.94. The first-order chi connectivity index (χ1) is 15.1. The second-order valence-electron chi connectivity index (χ2n) is 9.05. The van der Waals surface area contributed by atoms with Crippen LogP contribution in [0.1, 0.15) is 37.0 Å². The molecule has 0 unspecified atom stereocenters. The van der Waals surface area contributed by atoms with E-state index in [0.29, 0.717) is 12.0 Å². The summed E-state index contributed by atoms with van der Waals surface area (Å²) >= 11 is 0. The average Bonchev–Trinajstić information content (AvgIpc) is 2.83. The summed E-state index contributed by atoms with van der Waals surface area (Å²) in [7, 11) is 0. The van der Waals surface area contributed by atoms with Crippen LogP contribution in [0.25, 0.3) is 0 Å². The molecule has 4 rings (SSSR count). The number of carbonyl (C=O) groups excluding carboxylic acids is 1. The van der Waals surface area contributed by atoms with Gasteiger partial charge in [0.1, 0.15) is 5.75 Å². The molecule has 0 radical (unpaired) electrons. The van der Waals surface area contributed by atoms with E-state index in [1.54, 1.807) is 0 Å². The average molecular weight is 422 g/mol. The summed E-state index contributed by atoms with van der Waals surface area (Å²) in [5, 5.41) is 0. The fraction of sp³-hybridized carbons (Fsp3) is 0.500. The molecule has 0 N–H and O–H groups in total. The molecule has 0 saturated carbocycles. The molecular weight excluding hydrogens is 386 g/mol.